The zero-order valence-electron chi connectivity index (χ0n) is 11.8. The average Bonchev–Trinajstić information content (AvgIpc) is 2.38. The van der Waals surface area contributed by atoms with Gasteiger partial charge in [-0.05, 0) is 26.1 Å². The van der Waals surface area contributed by atoms with E-state index in [1.54, 1.807) is 6.92 Å². The second-order valence-electron chi connectivity index (χ2n) is 4.50. The molecule has 8 heteroatoms. The number of non-ortho nitro benzene ring substituents is 1. The Labute approximate surface area is 118 Å². The summed E-state index contributed by atoms with van der Waals surface area (Å²) in [6.07, 6.45) is 0. The lowest BCUT2D eigenvalue weighted by Crippen LogP contribution is -2.33. The highest BCUT2D eigenvalue weighted by atomic mass is 32.2. The standard InChI is InChI=1S/C12H19N3O4S/c1-4-14(3)8-7-13-20(18,19)12-9-11(15(16)17)6-5-10(12)2/h5-6,9,13H,4,7-8H2,1-3H3. The Morgan fingerprint density at radius 1 is 1.40 bits per heavy atom. The third kappa shape index (κ3) is 4.26. The lowest BCUT2D eigenvalue weighted by molar-refractivity contribution is -0.385. The van der Waals surface area contributed by atoms with Crippen molar-refractivity contribution in [2.45, 2.75) is 18.7 Å². The quantitative estimate of drug-likeness (QED) is 0.602. The van der Waals surface area contributed by atoms with Gasteiger partial charge in [0.25, 0.3) is 5.69 Å². The van der Waals surface area contributed by atoms with E-state index in [1.807, 2.05) is 18.9 Å². The molecule has 0 aliphatic heterocycles. The highest BCUT2D eigenvalue weighted by Crippen LogP contribution is 2.21. The van der Waals surface area contributed by atoms with E-state index in [0.29, 0.717) is 12.1 Å². The van der Waals surface area contributed by atoms with Crippen molar-refractivity contribution in [2.75, 3.05) is 26.7 Å². The fourth-order valence-electron chi connectivity index (χ4n) is 1.60. The normalized spacial score (nSPS) is 11.8. The molecule has 0 aliphatic carbocycles. The smallest absolute Gasteiger partial charge is 0.270 e. The van der Waals surface area contributed by atoms with Crippen molar-refractivity contribution in [3.8, 4) is 0 Å². The summed E-state index contributed by atoms with van der Waals surface area (Å²) in [6, 6.07) is 3.81. The summed E-state index contributed by atoms with van der Waals surface area (Å²) in [7, 11) is -1.85. The Bertz CT molecular complexity index is 586. The molecule has 0 saturated carbocycles. The van der Waals surface area contributed by atoms with Gasteiger partial charge in [-0.15, -0.1) is 0 Å². The van der Waals surface area contributed by atoms with Gasteiger partial charge in [0, 0.05) is 25.2 Å². The SMILES string of the molecule is CCN(C)CCNS(=O)(=O)c1cc([N+](=O)[O-])ccc1C. The van der Waals surface area contributed by atoms with Crippen LogP contribution in [0.2, 0.25) is 0 Å². The predicted octanol–water partition coefficient (Wildman–Crippen LogP) is 1.13. The van der Waals surface area contributed by atoms with E-state index in [4.69, 9.17) is 0 Å². The number of aryl methyl sites for hydroxylation is 1. The average molecular weight is 301 g/mol. The minimum Gasteiger partial charge on any atom is -0.305 e. The highest BCUT2D eigenvalue weighted by molar-refractivity contribution is 7.89. The first-order valence-electron chi connectivity index (χ1n) is 6.21. The summed E-state index contributed by atoms with van der Waals surface area (Å²) in [6.45, 7) is 5.23. The topological polar surface area (TPSA) is 92.6 Å². The van der Waals surface area contributed by atoms with Crippen molar-refractivity contribution in [3.05, 3.63) is 33.9 Å². The van der Waals surface area contributed by atoms with Crippen molar-refractivity contribution < 1.29 is 13.3 Å². The van der Waals surface area contributed by atoms with E-state index in [2.05, 4.69) is 4.72 Å². The van der Waals surface area contributed by atoms with E-state index in [0.717, 1.165) is 12.6 Å². The van der Waals surface area contributed by atoms with Crippen LogP contribution in [-0.4, -0.2) is 44.9 Å². The first-order chi connectivity index (χ1) is 9.27. The Morgan fingerprint density at radius 3 is 2.60 bits per heavy atom. The van der Waals surface area contributed by atoms with Crippen molar-refractivity contribution in [2.24, 2.45) is 0 Å². The van der Waals surface area contributed by atoms with Crippen LogP contribution >= 0.6 is 0 Å². The molecule has 20 heavy (non-hydrogen) atoms. The number of nitro groups is 1. The maximum absolute atomic E-state index is 12.1. The van der Waals surface area contributed by atoms with Crippen molar-refractivity contribution in [1.82, 2.24) is 9.62 Å². The molecule has 0 unspecified atom stereocenters. The summed E-state index contributed by atoms with van der Waals surface area (Å²) in [5.41, 5.74) is 0.244. The Hall–Kier alpha value is -1.51. The minimum absolute atomic E-state index is 0.0501. The number of nitrogens with zero attached hydrogens (tertiary/aromatic N) is 2. The van der Waals surface area contributed by atoms with Gasteiger partial charge in [-0.25, -0.2) is 13.1 Å². The summed E-state index contributed by atoms with van der Waals surface area (Å²) < 4.78 is 26.7. The molecule has 0 saturated heterocycles. The zero-order valence-corrected chi connectivity index (χ0v) is 12.6. The van der Waals surface area contributed by atoms with Crippen LogP contribution in [0.25, 0.3) is 0 Å². The van der Waals surface area contributed by atoms with Gasteiger partial charge in [-0.1, -0.05) is 13.0 Å². The molecule has 0 atom stereocenters. The van der Waals surface area contributed by atoms with Gasteiger partial charge in [0.1, 0.15) is 0 Å². The molecule has 0 heterocycles. The van der Waals surface area contributed by atoms with Gasteiger partial charge < -0.3 is 4.90 Å². The number of likely N-dealkylation sites (N-methyl/N-ethyl adjacent to an activating group) is 1. The molecule has 112 valence electrons. The van der Waals surface area contributed by atoms with Gasteiger partial charge in [-0.2, -0.15) is 0 Å². The van der Waals surface area contributed by atoms with Gasteiger partial charge in [0.05, 0.1) is 9.82 Å². The number of hydrogen-bond acceptors (Lipinski definition) is 5. The van der Waals surface area contributed by atoms with Gasteiger partial charge in [0.15, 0.2) is 0 Å². The maximum Gasteiger partial charge on any atom is 0.270 e. The third-order valence-electron chi connectivity index (χ3n) is 3.00. The summed E-state index contributed by atoms with van der Waals surface area (Å²) in [5.74, 6) is 0. The van der Waals surface area contributed by atoms with Crippen LogP contribution in [0.4, 0.5) is 5.69 Å². The largest absolute Gasteiger partial charge is 0.305 e. The van der Waals surface area contributed by atoms with Crippen LogP contribution in [0.3, 0.4) is 0 Å². The van der Waals surface area contributed by atoms with Crippen molar-refractivity contribution in [1.29, 1.82) is 0 Å². The van der Waals surface area contributed by atoms with Crippen LogP contribution in [-0.2, 0) is 10.0 Å². The molecule has 1 rings (SSSR count). The molecule has 1 N–H and O–H groups in total. The Morgan fingerprint density at radius 2 is 2.05 bits per heavy atom. The first kappa shape index (κ1) is 16.5. The Balaban J connectivity index is 2.92. The molecule has 7 nitrogen and oxygen atoms in total. The molecule has 0 bridgehead atoms. The van der Waals surface area contributed by atoms with E-state index in [9.17, 15) is 18.5 Å². The van der Waals surface area contributed by atoms with Crippen LogP contribution < -0.4 is 4.72 Å². The molecule has 0 aliphatic rings. The molecular weight excluding hydrogens is 282 g/mol. The molecule has 1 aromatic carbocycles. The van der Waals surface area contributed by atoms with Gasteiger partial charge in [0.2, 0.25) is 10.0 Å². The van der Waals surface area contributed by atoms with Crippen LogP contribution in [0.15, 0.2) is 23.1 Å². The lowest BCUT2D eigenvalue weighted by Gasteiger charge is -2.14. The van der Waals surface area contributed by atoms with E-state index in [1.165, 1.54) is 12.1 Å². The molecule has 1 aromatic rings. The van der Waals surface area contributed by atoms with Crippen molar-refractivity contribution in [3.63, 3.8) is 0 Å². The van der Waals surface area contributed by atoms with E-state index < -0.39 is 14.9 Å². The molecule has 0 radical (unpaired) electrons. The minimum atomic E-state index is -3.73. The highest BCUT2D eigenvalue weighted by Gasteiger charge is 2.20. The third-order valence-corrected chi connectivity index (χ3v) is 4.60. The summed E-state index contributed by atoms with van der Waals surface area (Å²) in [5, 5.41) is 10.7. The lowest BCUT2D eigenvalue weighted by atomic mass is 10.2. The van der Waals surface area contributed by atoms with Crippen LogP contribution in [0.5, 0.6) is 0 Å². The van der Waals surface area contributed by atoms with Crippen molar-refractivity contribution >= 4 is 15.7 Å². The van der Waals surface area contributed by atoms with E-state index >= 15 is 0 Å². The zero-order chi connectivity index (χ0) is 15.3. The second kappa shape index (κ2) is 6.78. The number of sulfonamides is 1. The molecular formula is C12H19N3O4S. The van der Waals surface area contributed by atoms with Gasteiger partial charge in [-0.3, -0.25) is 10.1 Å². The number of rotatable bonds is 7. The fourth-order valence-corrected chi connectivity index (χ4v) is 2.88. The molecule has 0 spiro atoms. The predicted molar refractivity (Wildman–Crippen MR) is 76.2 cm³/mol. The molecule has 0 fully saturated rings. The monoisotopic (exact) mass is 301 g/mol. The Kier molecular flexibility index (Phi) is 5.61. The first-order valence-corrected chi connectivity index (χ1v) is 7.69. The molecule has 0 aromatic heterocycles. The van der Waals surface area contributed by atoms with E-state index in [-0.39, 0.29) is 17.1 Å². The van der Waals surface area contributed by atoms with Crippen LogP contribution in [0, 0.1) is 17.0 Å². The maximum atomic E-state index is 12.1. The number of benzene rings is 1. The fraction of sp³-hybridized carbons (Fsp3) is 0.500. The number of nitro benzene ring substituents is 1. The summed E-state index contributed by atoms with van der Waals surface area (Å²) in [4.78, 5) is 12.0. The van der Waals surface area contributed by atoms with Gasteiger partial charge >= 0.3 is 0 Å². The number of hydrogen-bond donors (Lipinski definition) is 1. The molecule has 0 amide bonds. The van der Waals surface area contributed by atoms with Crippen LogP contribution in [0.1, 0.15) is 12.5 Å². The number of nitrogens with one attached hydrogen (secondary N) is 1. The summed E-state index contributed by atoms with van der Waals surface area (Å²) >= 11 is 0. The second-order valence-corrected chi connectivity index (χ2v) is 6.24.